The second-order valence-electron chi connectivity index (χ2n) is 8.96. The minimum absolute atomic E-state index is 0.00566. The van der Waals surface area contributed by atoms with E-state index >= 15 is 0 Å². The van der Waals surface area contributed by atoms with Gasteiger partial charge in [-0.25, -0.2) is 23.7 Å². The maximum atomic E-state index is 13.6. The molecule has 1 saturated heterocycles. The van der Waals surface area contributed by atoms with Gasteiger partial charge < -0.3 is 15.4 Å². The molecule has 9 nitrogen and oxygen atoms in total. The minimum Gasteiger partial charge on any atom is -0.418 e. The minimum atomic E-state index is -2.71. The van der Waals surface area contributed by atoms with E-state index < -0.39 is 5.92 Å². The maximum Gasteiger partial charge on any atom is 0.263 e. The molecule has 0 spiro atoms. The first-order valence-corrected chi connectivity index (χ1v) is 12.5. The zero-order chi connectivity index (χ0) is 25.0. The summed E-state index contributed by atoms with van der Waals surface area (Å²) in [6.07, 6.45) is 2.75. The van der Waals surface area contributed by atoms with E-state index in [1.807, 2.05) is 19.1 Å². The Morgan fingerprint density at radius 2 is 2.14 bits per heavy atom. The van der Waals surface area contributed by atoms with Crippen LogP contribution in [0, 0.1) is 0 Å². The molecule has 0 radical (unpaired) electrons. The molecule has 1 fully saturated rings. The van der Waals surface area contributed by atoms with Crippen LogP contribution in [0.1, 0.15) is 28.6 Å². The topological polar surface area (TPSA) is 105 Å². The number of amides is 1. The van der Waals surface area contributed by atoms with E-state index in [4.69, 9.17) is 16.3 Å². The quantitative estimate of drug-likeness (QED) is 0.372. The summed E-state index contributed by atoms with van der Waals surface area (Å²) in [7, 11) is 0. The molecular formula is C23H20ClF2N7O2S. The Hall–Kier alpha value is -3.22. The number of anilines is 1. The molecule has 1 amide bonds. The van der Waals surface area contributed by atoms with Crippen LogP contribution in [-0.4, -0.2) is 62.3 Å². The van der Waals surface area contributed by atoms with Crippen LogP contribution in [0.3, 0.4) is 0 Å². The van der Waals surface area contributed by atoms with Gasteiger partial charge in [0.05, 0.1) is 29.5 Å². The number of hydrogen-bond donors (Lipinski definition) is 2. The van der Waals surface area contributed by atoms with Gasteiger partial charge in [0.15, 0.2) is 0 Å². The summed E-state index contributed by atoms with van der Waals surface area (Å²) in [6.45, 7) is 2.65. The highest BCUT2D eigenvalue weighted by molar-refractivity contribution is 7.21. The van der Waals surface area contributed by atoms with Crippen LogP contribution in [0.2, 0.25) is 5.28 Å². The highest BCUT2D eigenvalue weighted by Crippen LogP contribution is 2.40. The van der Waals surface area contributed by atoms with E-state index in [-0.39, 0.29) is 55.0 Å². The van der Waals surface area contributed by atoms with Crippen LogP contribution in [0.4, 0.5) is 14.5 Å². The van der Waals surface area contributed by atoms with Gasteiger partial charge in [0.1, 0.15) is 4.88 Å². The van der Waals surface area contributed by atoms with Gasteiger partial charge in [-0.15, -0.1) is 11.3 Å². The summed E-state index contributed by atoms with van der Waals surface area (Å²) in [6, 6.07) is 3.71. The first-order chi connectivity index (χ1) is 17.3. The van der Waals surface area contributed by atoms with Crippen LogP contribution in [0.15, 0.2) is 24.5 Å². The van der Waals surface area contributed by atoms with Crippen molar-refractivity contribution >= 4 is 55.7 Å². The average molecular weight is 532 g/mol. The number of benzene rings is 1. The van der Waals surface area contributed by atoms with E-state index in [2.05, 4.69) is 30.6 Å². The van der Waals surface area contributed by atoms with Crippen molar-refractivity contribution in [3.63, 3.8) is 0 Å². The van der Waals surface area contributed by atoms with E-state index in [1.54, 1.807) is 4.90 Å². The fourth-order valence-electron chi connectivity index (χ4n) is 4.47. The molecule has 36 heavy (non-hydrogen) atoms. The molecule has 2 N–H and O–H groups in total. The van der Waals surface area contributed by atoms with Crippen LogP contribution >= 0.6 is 22.9 Å². The standard InChI is InChI=1S/C23H20ClF2N7O2S/c1-11-6-27-18-16-14(36-19(18)20(34)30-11)3-2-13-17(16)28-8-15(31-13)35-21-12(7-29-22(24)32-21)9-33-5-4-23(25,26)10-33/h2-3,7-8,11,27H,4-6,9-10H2,1H3,(H,30,34)/t11-/m1/s1. The number of halogens is 3. The van der Waals surface area contributed by atoms with Gasteiger partial charge in [0, 0.05) is 53.9 Å². The smallest absolute Gasteiger partial charge is 0.263 e. The summed E-state index contributed by atoms with van der Waals surface area (Å²) in [5.41, 5.74) is 2.47. The lowest BCUT2D eigenvalue weighted by atomic mass is 10.1. The zero-order valence-corrected chi connectivity index (χ0v) is 20.6. The first kappa shape index (κ1) is 23.2. The Bertz CT molecular complexity index is 1520. The number of aromatic nitrogens is 4. The van der Waals surface area contributed by atoms with Crippen molar-refractivity contribution in [2.75, 3.05) is 25.0 Å². The second kappa shape index (κ2) is 8.71. The fraction of sp³-hybridized carbons (Fsp3) is 0.348. The molecule has 2 aliphatic rings. The number of fused-ring (bicyclic) bond motifs is 5. The van der Waals surface area contributed by atoms with Crippen molar-refractivity contribution < 1.29 is 18.3 Å². The molecule has 0 saturated carbocycles. The molecule has 13 heteroatoms. The molecule has 5 heterocycles. The molecule has 1 atom stereocenters. The van der Waals surface area contributed by atoms with Crippen molar-refractivity contribution in [1.82, 2.24) is 30.2 Å². The number of carbonyl (C=O) groups is 1. The Labute approximate surface area is 212 Å². The largest absolute Gasteiger partial charge is 0.418 e. The molecule has 6 rings (SSSR count). The number of alkyl halides is 2. The number of thiophene rings is 1. The molecule has 0 unspecified atom stereocenters. The van der Waals surface area contributed by atoms with E-state index in [9.17, 15) is 13.6 Å². The molecule has 1 aromatic carbocycles. The van der Waals surface area contributed by atoms with Crippen molar-refractivity contribution in [3.8, 4) is 11.8 Å². The number of nitrogens with one attached hydrogen (secondary N) is 2. The van der Waals surface area contributed by atoms with Crippen molar-refractivity contribution in [3.05, 3.63) is 40.3 Å². The van der Waals surface area contributed by atoms with Gasteiger partial charge in [-0.2, -0.15) is 4.98 Å². The van der Waals surface area contributed by atoms with Gasteiger partial charge in [0.25, 0.3) is 11.8 Å². The Kier molecular flexibility index (Phi) is 5.61. The van der Waals surface area contributed by atoms with Crippen molar-refractivity contribution in [2.24, 2.45) is 0 Å². The number of nitrogens with zero attached hydrogens (tertiary/aromatic N) is 5. The van der Waals surface area contributed by atoms with Crippen molar-refractivity contribution in [2.45, 2.75) is 31.9 Å². The van der Waals surface area contributed by atoms with E-state index in [0.29, 0.717) is 28.0 Å². The Balaban J connectivity index is 1.34. The third kappa shape index (κ3) is 4.29. The van der Waals surface area contributed by atoms with Gasteiger partial charge in [-0.05, 0) is 30.7 Å². The van der Waals surface area contributed by atoms with E-state index in [1.165, 1.54) is 23.7 Å². The molecule has 186 valence electrons. The lowest BCUT2D eigenvalue weighted by molar-refractivity contribution is 0.0114. The normalized spacial score (nSPS) is 19.7. The lowest BCUT2D eigenvalue weighted by Gasteiger charge is -2.17. The molecular weight excluding hydrogens is 512 g/mol. The lowest BCUT2D eigenvalue weighted by Crippen LogP contribution is -2.34. The molecule has 0 aliphatic carbocycles. The van der Waals surface area contributed by atoms with Crippen molar-refractivity contribution in [1.29, 1.82) is 0 Å². The number of carbonyl (C=O) groups excluding carboxylic acids is 1. The van der Waals surface area contributed by atoms with Gasteiger partial charge in [0.2, 0.25) is 17.0 Å². The molecule has 0 bridgehead atoms. The number of ether oxygens (including phenoxy) is 1. The highest BCUT2D eigenvalue weighted by atomic mass is 35.5. The average Bonchev–Trinajstić information content (AvgIpc) is 3.34. The molecule has 2 aliphatic heterocycles. The third-order valence-electron chi connectivity index (χ3n) is 6.15. The predicted octanol–water partition coefficient (Wildman–Crippen LogP) is 4.47. The summed E-state index contributed by atoms with van der Waals surface area (Å²) in [4.78, 5) is 32.2. The summed E-state index contributed by atoms with van der Waals surface area (Å²) in [5, 5.41) is 7.13. The van der Waals surface area contributed by atoms with Crippen LogP contribution < -0.4 is 15.4 Å². The van der Waals surface area contributed by atoms with Gasteiger partial charge >= 0.3 is 0 Å². The zero-order valence-electron chi connectivity index (χ0n) is 19.0. The summed E-state index contributed by atoms with van der Waals surface area (Å²) >= 11 is 7.39. The monoisotopic (exact) mass is 531 g/mol. The summed E-state index contributed by atoms with van der Waals surface area (Å²) in [5.74, 6) is -2.52. The fourth-order valence-corrected chi connectivity index (χ4v) is 5.68. The van der Waals surface area contributed by atoms with Crippen LogP contribution in [-0.2, 0) is 6.54 Å². The summed E-state index contributed by atoms with van der Waals surface area (Å²) < 4.78 is 34.1. The number of likely N-dealkylation sites (tertiary alicyclic amines) is 1. The van der Waals surface area contributed by atoms with Gasteiger partial charge in [-0.3, -0.25) is 9.69 Å². The van der Waals surface area contributed by atoms with E-state index in [0.717, 1.165) is 15.8 Å². The Morgan fingerprint density at radius 3 is 2.94 bits per heavy atom. The molecule has 4 aromatic rings. The Morgan fingerprint density at radius 1 is 1.28 bits per heavy atom. The number of hydrogen-bond acceptors (Lipinski definition) is 9. The van der Waals surface area contributed by atoms with Gasteiger partial charge in [-0.1, -0.05) is 0 Å². The third-order valence-corrected chi connectivity index (χ3v) is 7.49. The van der Waals surface area contributed by atoms with Crippen LogP contribution in [0.25, 0.3) is 21.1 Å². The maximum absolute atomic E-state index is 13.6. The highest BCUT2D eigenvalue weighted by Gasteiger charge is 2.38. The first-order valence-electron chi connectivity index (χ1n) is 11.3. The van der Waals surface area contributed by atoms with Crippen LogP contribution in [0.5, 0.6) is 11.8 Å². The predicted molar refractivity (Wildman–Crippen MR) is 132 cm³/mol. The SMILES string of the molecule is C[C@@H]1CNc2c(sc3ccc4nc(Oc5nc(Cl)ncc5CN5CCC(F)(F)C5)cnc4c23)C(=O)N1. The molecule has 3 aromatic heterocycles. The second-order valence-corrected chi connectivity index (χ2v) is 10.4. The number of rotatable bonds is 4.